The first-order valence-electron chi connectivity index (χ1n) is 8.69. The number of nitrogens with zero attached hydrogens (tertiary/aromatic N) is 3. The Kier molecular flexibility index (Phi) is 5.25. The van der Waals surface area contributed by atoms with E-state index < -0.39 is 5.82 Å². The number of allylic oxidation sites excluding steroid dienone is 1. The predicted octanol–water partition coefficient (Wildman–Crippen LogP) is 2.42. The Labute approximate surface area is 157 Å². The molecule has 3 N–H and O–H groups in total. The molecular weight excluding hydrogens is 347 g/mol. The second kappa shape index (κ2) is 7.61. The SMILES string of the molecule is CN/C=C(\C=N)c1ccc(Nc2nn(C)c3c2CN(C(C)=O)CC3)cc1F. The van der Waals surface area contributed by atoms with Crippen molar-refractivity contribution in [3.63, 3.8) is 0 Å². The molecule has 1 amide bonds. The fourth-order valence-corrected chi connectivity index (χ4v) is 3.28. The first-order valence-corrected chi connectivity index (χ1v) is 8.69. The highest BCUT2D eigenvalue weighted by atomic mass is 19.1. The van der Waals surface area contributed by atoms with Crippen LogP contribution in [0.2, 0.25) is 0 Å². The molecule has 0 unspecified atom stereocenters. The summed E-state index contributed by atoms with van der Waals surface area (Å²) in [6.07, 6.45) is 3.42. The largest absolute Gasteiger partial charge is 0.393 e. The van der Waals surface area contributed by atoms with Gasteiger partial charge in [-0.3, -0.25) is 9.48 Å². The molecule has 1 aromatic carbocycles. The third kappa shape index (κ3) is 3.69. The molecule has 0 saturated heterocycles. The van der Waals surface area contributed by atoms with Crippen molar-refractivity contribution in [1.82, 2.24) is 20.0 Å². The highest BCUT2D eigenvalue weighted by molar-refractivity contribution is 6.08. The van der Waals surface area contributed by atoms with Crippen molar-refractivity contribution in [1.29, 1.82) is 5.41 Å². The molecule has 2 heterocycles. The molecule has 1 aromatic heterocycles. The Hall–Kier alpha value is -3.16. The Morgan fingerprint density at radius 3 is 2.81 bits per heavy atom. The van der Waals surface area contributed by atoms with Gasteiger partial charge in [0.05, 0.1) is 6.54 Å². The number of rotatable bonds is 5. The van der Waals surface area contributed by atoms with E-state index in [1.807, 2.05) is 11.7 Å². The average molecular weight is 370 g/mol. The summed E-state index contributed by atoms with van der Waals surface area (Å²) in [6.45, 7) is 2.72. The molecule has 27 heavy (non-hydrogen) atoms. The van der Waals surface area contributed by atoms with E-state index in [0.717, 1.165) is 23.9 Å². The third-order valence-electron chi connectivity index (χ3n) is 4.69. The van der Waals surface area contributed by atoms with Gasteiger partial charge in [-0.25, -0.2) is 4.39 Å². The summed E-state index contributed by atoms with van der Waals surface area (Å²) in [6, 6.07) is 4.76. The van der Waals surface area contributed by atoms with Gasteiger partial charge in [-0.05, 0) is 18.2 Å². The van der Waals surface area contributed by atoms with Crippen LogP contribution in [0.4, 0.5) is 15.9 Å². The van der Waals surface area contributed by atoms with Gasteiger partial charge in [-0.1, -0.05) is 0 Å². The summed E-state index contributed by atoms with van der Waals surface area (Å²) in [5.41, 5.74) is 3.39. The van der Waals surface area contributed by atoms with Crippen molar-refractivity contribution in [2.75, 3.05) is 18.9 Å². The van der Waals surface area contributed by atoms with Gasteiger partial charge in [0.2, 0.25) is 5.91 Å². The van der Waals surface area contributed by atoms with Gasteiger partial charge in [-0.15, -0.1) is 0 Å². The number of halogens is 1. The fraction of sp³-hybridized carbons (Fsp3) is 0.316. The van der Waals surface area contributed by atoms with E-state index in [-0.39, 0.29) is 5.91 Å². The number of hydrogen-bond donors (Lipinski definition) is 3. The van der Waals surface area contributed by atoms with Gasteiger partial charge in [0.15, 0.2) is 5.82 Å². The van der Waals surface area contributed by atoms with Gasteiger partial charge in [-0.2, -0.15) is 5.10 Å². The van der Waals surface area contributed by atoms with Crippen molar-refractivity contribution in [3.8, 4) is 0 Å². The van der Waals surface area contributed by atoms with E-state index in [4.69, 9.17) is 5.41 Å². The summed E-state index contributed by atoms with van der Waals surface area (Å²) in [5, 5.41) is 17.9. The van der Waals surface area contributed by atoms with Crippen molar-refractivity contribution in [3.05, 3.63) is 47.0 Å². The minimum Gasteiger partial charge on any atom is -0.393 e. The lowest BCUT2D eigenvalue weighted by molar-refractivity contribution is -0.129. The maximum absolute atomic E-state index is 14.5. The van der Waals surface area contributed by atoms with Crippen molar-refractivity contribution in [2.45, 2.75) is 19.9 Å². The molecule has 7 nitrogen and oxygen atoms in total. The molecule has 3 rings (SSSR count). The Morgan fingerprint density at radius 1 is 1.41 bits per heavy atom. The first kappa shape index (κ1) is 18.6. The lowest BCUT2D eigenvalue weighted by Gasteiger charge is -2.26. The number of nitrogens with one attached hydrogen (secondary N) is 3. The Morgan fingerprint density at radius 2 is 2.19 bits per heavy atom. The second-order valence-electron chi connectivity index (χ2n) is 6.44. The molecule has 1 aliphatic rings. The van der Waals surface area contributed by atoms with E-state index in [9.17, 15) is 9.18 Å². The minimum atomic E-state index is -0.430. The summed E-state index contributed by atoms with van der Waals surface area (Å²) in [5.74, 6) is 0.227. The highest BCUT2D eigenvalue weighted by Gasteiger charge is 2.25. The molecule has 2 aromatic rings. The zero-order valence-electron chi connectivity index (χ0n) is 15.6. The highest BCUT2D eigenvalue weighted by Crippen LogP contribution is 2.29. The van der Waals surface area contributed by atoms with Crippen LogP contribution < -0.4 is 10.6 Å². The monoisotopic (exact) mass is 370 g/mol. The number of benzene rings is 1. The summed E-state index contributed by atoms with van der Waals surface area (Å²) in [7, 11) is 3.57. The summed E-state index contributed by atoms with van der Waals surface area (Å²) < 4.78 is 16.3. The maximum atomic E-state index is 14.5. The number of carbonyl (C=O) groups excluding carboxylic acids is 1. The van der Waals surface area contributed by atoms with Crippen LogP contribution >= 0.6 is 0 Å². The third-order valence-corrected chi connectivity index (χ3v) is 4.69. The smallest absolute Gasteiger partial charge is 0.219 e. The predicted molar refractivity (Wildman–Crippen MR) is 104 cm³/mol. The van der Waals surface area contributed by atoms with Crippen molar-refractivity contribution < 1.29 is 9.18 Å². The molecular formula is C19H23FN6O. The van der Waals surface area contributed by atoms with Gasteiger partial charge in [0, 0.05) is 74.5 Å². The van der Waals surface area contributed by atoms with Gasteiger partial charge in [0.1, 0.15) is 5.82 Å². The van der Waals surface area contributed by atoms with Gasteiger partial charge < -0.3 is 20.9 Å². The molecule has 0 saturated carbocycles. The first-order chi connectivity index (χ1) is 12.9. The molecule has 8 heteroatoms. The molecule has 0 aliphatic carbocycles. The van der Waals surface area contributed by atoms with E-state index in [1.54, 1.807) is 37.2 Å². The number of fused-ring (bicyclic) bond motifs is 1. The second-order valence-corrected chi connectivity index (χ2v) is 6.44. The molecule has 142 valence electrons. The van der Waals surface area contributed by atoms with Crippen LogP contribution in [-0.2, 0) is 24.8 Å². The average Bonchev–Trinajstić information content (AvgIpc) is 2.95. The minimum absolute atomic E-state index is 0.0290. The molecule has 0 atom stereocenters. The number of aryl methyl sites for hydroxylation is 1. The lowest BCUT2D eigenvalue weighted by atomic mass is 10.1. The molecule has 0 radical (unpaired) electrons. The Balaban J connectivity index is 1.89. The Bertz CT molecular complexity index is 917. The zero-order chi connectivity index (χ0) is 19.6. The van der Waals surface area contributed by atoms with Crippen LogP contribution in [0.15, 0.2) is 24.4 Å². The van der Waals surface area contributed by atoms with Gasteiger partial charge in [0.25, 0.3) is 0 Å². The van der Waals surface area contributed by atoms with E-state index >= 15 is 0 Å². The fourth-order valence-electron chi connectivity index (χ4n) is 3.28. The molecule has 1 aliphatic heterocycles. The number of aromatic nitrogens is 2. The zero-order valence-corrected chi connectivity index (χ0v) is 15.6. The standard InChI is InChI=1S/C19H23FN6O/c1-12(27)26-7-6-18-16(11-26)19(24-25(18)3)23-14-4-5-15(17(20)8-14)13(9-21)10-22-2/h4-5,8-10,21-22H,6-7,11H2,1-3H3,(H,23,24)/b13-10+,21-9?. The normalized spacial score (nSPS) is 13.9. The van der Waals surface area contributed by atoms with Crippen molar-refractivity contribution >= 4 is 29.2 Å². The van der Waals surface area contributed by atoms with Crippen LogP contribution in [0, 0.1) is 11.2 Å². The number of anilines is 2. The van der Waals surface area contributed by atoms with Crippen LogP contribution in [0.3, 0.4) is 0 Å². The van der Waals surface area contributed by atoms with Crippen LogP contribution in [0.25, 0.3) is 5.57 Å². The van der Waals surface area contributed by atoms with Crippen LogP contribution in [0.5, 0.6) is 0 Å². The van der Waals surface area contributed by atoms with E-state index in [0.29, 0.717) is 35.7 Å². The topological polar surface area (TPSA) is 86.0 Å². The van der Waals surface area contributed by atoms with E-state index in [2.05, 4.69) is 15.7 Å². The number of amides is 1. The van der Waals surface area contributed by atoms with Crippen LogP contribution in [0.1, 0.15) is 23.7 Å². The number of carbonyl (C=O) groups is 1. The van der Waals surface area contributed by atoms with E-state index in [1.165, 1.54) is 6.07 Å². The number of hydrogen-bond acceptors (Lipinski definition) is 5. The molecule has 0 spiro atoms. The summed E-state index contributed by atoms with van der Waals surface area (Å²) in [4.78, 5) is 13.5. The summed E-state index contributed by atoms with van der Waals surface area (Å²) >= 11 is 0. The quantitative estimate of drug-likeness (QED) is 0.706. The maximum Gasteiger partial charge on any atom is 0.219 e. The molecule has 0 fully saturated rings. The van der Waals surface area contributed by atoms with Crippen LogP contribution in [-0.4, -0.2) is 40.4 Å². The van der Waals surface area contributed by atoms with Crippen molar-refractivity contribution in [2.24, 2.45) is 7.05 Å². The van der Waals surface area contributed by atoms with Gasteiger partial charge >= 0.3 is 0 Å². The molecule has 0 bridgehead atoms. The lowest BCUT2D eigenvalue weighted by Crippen LogP contribution is -2.34.